The van der Waals surface area contributed by atoms with Crippen LogP contribution in [-0.2, 0) is 9.53 Å². The van der Waals surface area contributed by atoms with Gasteiger partial charge in [-0.05, 0) is 53.2 Å². The number of nitrogens with zero attached hydrogens (tertiary/aromatic N) is 1. The molecule has 27 heavy (non-hydrogen) atoms. The van der Waals surface area contributed by atoms with Crippen LogP contribution in [0, 0.1) is 15.9 Å². The standard InChI is InChI=1S/C17H14BrFN2O6/c1-2-26-11-4-6-14(15(8-11)21(24)25)20-16(22)9-27-17(23)12-5-3-10(19)7-13(12)18/h3-8H,2,9H2,1H3,(H,20,22). The second-order valence-corrected chi connectivity index (χ2v) is 5.97. The Kier molecular flexibility index (Phi) is 6.83. The number of carbonyl (C=O) groups is 2. The minimum absolute atomic E-state index is 0.0382. The topological polar surface area (TPSA) is 108 Å². The fourth-order valence-electron chi connectivity index (χ4n) is 2.07. The number of esters is 1. The first-order valence-corrected chi connectivity index (χ1v) is 8.44. The molecule has 2 rings (SSSR count). The molecule has 0 aliphatic rings. The van der Waals surface area contributed by atoms with Gasteiger partial charge in [-0.25, -0.2) is 9.18 Å². The monoisotopic (exact) mass is 440 g/mol. The van der Waals surface area contributed by atoms with Gasteiger partial charge in [-0.2, -0.15) is 0 Å². The van der Waals surface area contributed by atoms with Crippen molar-refractivity contribution < 1.29 is 28.4 Å². The SMILES string of the molecule is CCOc1ccc(NC(=O)COC(=O)c2ccc(F)cc2Br)c([N+](=O)[O-])c1. The molecule has 0 fully saturated rings. The molecule has 0 radical (unpaired) electrons. The first-order chi connectivity index (χ1) is 12.8. The summed E-state index contributed by atoms with van der Waals surface area (Å²) >= 11 is 3.03. The van der Waals surface area contributed by atoms with Crippen molar-refractivity contribution in [1.29, 1.82) is 0 Å². The third-order valence-corrected chi connectivity index (χ3v) is 3.89. The van der Waals surface area contributed by atoms with Gasteiger partial charge in [-0.15, -0.1) is 0 Å². The van der Waals surface area contributed by atoms with Gasteiger partial charge in [0.2, 0.25) is 0 Å². The number of nitro groups is 1. The number of amides is 1. The van der Waals surface area contributed by atoms with Gasteiger partial charge < -0.3 is 14.8 Å². The normalized spacial score (nSPS) is 10.2. The van der Waals surface area contributed by atoms with Crippen LogP contribution >= 0.6 is 15.9 Å². The summed E-state index contributed by atoms with van der Waals surface area (Å²) in [5.74, 6) is -1.87. The van der Waals surface area contributed by atoms with Gasteiger partial charge in [0.25, 0.3) is 11.6 Å². The number of ether oxygens (including phenoxy) is 2. The van der Waals surface area contributed by atoms with E-state index in [9.17, 15) is 24.1 Å². The van der Waals surface area contributed by atoms with Gasteiger partial charge in [0.15, 0.2) is 6.61 Å². The molecule has 1 N–H and O–H groups in total. The van der Waals surface area contributed by atoms with Crippen LogP contribution in [0.3, 0.4) is 0 Å². The van der Waals surface area contributed by atoms with Crippen molar-refractivity contribution in [2.45, 2.75) is 6.92 Å². The van der Waals surface area contributed by atoms with Crippen molar-refractivity contribution in [2.24, 2.45) is 0 Å². The van der Waals surface area contributed by atoms with Crippen molar-refractivity contribution in [3.63, 3.8) is 0 Å². The van der Waals surface area contributed by atoms with Gasteiger partial charge in [0, 0.05) is 4.47 Å². The Morgan fingerprint density at radius 1 is 1.26 bits per heavy atom. The molecule has 0 spiro atoms. The number of benzene rings is 2. The largest absolute Gasteiger partial charge is 0.494 e. The second kappa shape index (κ2) is 9.08. The predicted octanol–water partition coefficient (Wildman–Crippen LogP) is 3.69. The lowest BCUT2D eigenvalue weighted by atomic mass is 10.2. The fraction of sp³-hybridized carbons (Fsp3) is 0.176. The number of hydrogen-bond donors (Lipinski definition) is 1. The second-order valence-electron chi connectivity index (χ2n) is 5.12. The molecule has 0 heterocycles. The van der Waals surface area contributed by atoms with E-state index in [1.165, 1.54) is 24.3 Å². The van der Waals surface area contributed by atoms with Crippen LogP contribution in [0.4, 0.5) is 15.8 Å². The Hall–Kier alpha value is -3.01. The molecular formula is C17H14BrFN2O6. The number of rotatable bonds is 7. The molecule has 0 aliphatic heterocycles. The van der Waals surface area contributed by atoms with E-state index in [2.05, 4.69) is 21.2 Å². The van der Waals surface area contributed by atoms with E-state index in [4.69, 9.17) is 9.47 Å². The number of anilines is 1. The van der Waals surface area contributed by atoms with E-state index in [0.717, 1.165) is 12.1 Å². The number of carbonyl (C=O) groups excluding carboxylic acids is 2. The molecule has 0 atom stereocenters. The maximum absolute atomic E-state index is 13.0. The zero-order chi connectivity index (χ0) is 20.0. The summed E-state index contributed by atoms with van der Waals surface area (Å²) < 4.78 is 23.2. The maximum atomic E-state index is 13.0. The highest BCUT2D eigenvalue weighted by molar-refractivity contribution is 9.10. The number of nitro benzene ring substituents is 1. The molecule has 0 bridgehead atoms. The van der Waals surface area contributed by atoms with E-state index in [-0.39, 0.29) is 27.2 Å². The van der Waals surface area contributed by atoms with Gasteiger partial charge in [0.1, 0.15) is 17.3 Å². The molecule has 2 aromatic rings. The van der Waals surface area contributed by atoms with Crippen molar-refractivity contribution in [2.75, 3.05) is 18.5 Å². The quantitative estimate of drug-likeness (QED) is 0.399. The molecule has 8 nitrogen and oxygen atoms in total. The lowest BCUT2D eigenvalue weighted by Crippen LogP contribution is -2.21. The zero-order valence-corrected chi connectivity index (χ0v) is 15.6. The van der Waals surface area contributed by atoms with Gasteiger partial charge in [-0.1, -0.05) is 0 Å². The molecule has 0 aromatic heterocycles. The Bertz CT molecular complexity index is 890. The lowest BCUT2D eigenvalue weighted by molar-refractivity contribution is -0.384. The molecule has 0 saturated heterocycles. The minimum atomic E-state index is -0.849. The Labute approximate surface area is 161 Å². The summed E-state index contributed by atoms with van der Waals surface area (Å²) in [5.41, 5.74) is -0.384. The van der Waals surface area contributed by atoms with Crippen LogP contribution in [0.25, 0.3) is 0 Å². The molecule has 142 valence electrons. The minimum Gasteiger partial charge on any atom is -0.494 e. The van der Waals surface area contributed by atoms with Crippen LogP contribution in [-0.4, -0.2) is 30.0 Å². The van der Waals surface area contributed by atoms with E-state index >= 15 is 0 Å². The summed E-state index contributed by atoms with van der Waals surface area (Å²) in [4.78, 5) is 34.4. The van der Waals surface area contributed by atoms with E-state index in [0.29, 0.717) is 6.61 Å². The average molecular weight is 441 g/mol. The molecular weight excluding hydrogens is 427 g/mol. The van der Waals surface area contributed by atoms with Crippen molar-refractivity contribution in [1.82, 2.24) is 0 Å². The molecule has 0 saturated carbocycles. The summed E-state index contributed by atoms with van der Waals surface area (Å²) in [5, 5.41) is 13.5. The van der Waals surface area contributed by atoms with Crippen LogP contribution < -0.4 is 10.1 Å². The van der Waals surface area contributed by atoms with Crippen LogP contribution in [0.5, 0.6) is 5.75 Å². The predicted molar refractivity (Wildman–Crippen MR) is 97.3 cm³/mol. The van der Waals surface area contributed by atoms with Crippen molar-refractivity contribution >= 4 is 39.2 Å². The van der Waals surface area contributed by atoms with E-state index in [1.807, 2.05) is 0 Å². The third-order valence-electron chi connectivity index (χ3n) is 3.24. The molecule has 0 aliphatic carbocycles. The average Bonchev–Trinajstić information content (AvgIpc) is 2.61. The van der Waals surface area contributed by atoms with Gasteiger partial charge >= 0.3 is 5.97 Å². The molecule has 1 amide bonds. The first-order valence-electron chi connectivity index (χ1n) is 7.65. The smallest absolute Gasteiger partial charge is 0.339 e. The lowest BCUT2D eigenvalue weighted by Gasteiger charge is -2.09. The summed E-state index contributed by atoms with van der Waals surface area (Å²) in [6.45, 7) is 1.39. The van der Waals surface area contributed by atoms with E-state index < -0.39 is 29.2 Å². The highest BCUT2D eigenvalue weighted by atomic mass is 79.9. The number of hydrogen-bond acceptors (Lipinski definition) is 6. The van der Waals surface area contributed by atoms with E-state index in [1.54, 1.807) is 6.92 Å². The van der Waals surface area contributed by atoms with Crippen LogP contribution in [0.2, 0.25) is 0 Å². The summed E-state index contributed by atoms with van der Waals surface area (Å²) in [6.07, 6.45) is 0. The molecule has 0 unspecified atom stereocenters. The Balaban J connectivity index is 2.03. The summed E-state index contributed by atoms with van der Waals surface area (Å²) in [6, 6.07) is 7.33. The number of halogens is 2. The van der Waals surface area contributed by atoms with Gasteiger partial charge in [0.05, 0.1) is 23.2 Å². The summed E-state index contributed by atoms with van der Waals surface area (Å²) in [7, 11) is 0. The Morgan fingerprint density at radius 3 is 2.63 bits per heavy atom. The van der Waals surface area contributed by atoms with Crippen molar-refractivity contribution in [3.05, 3.63) is 62.4 Å². The van der Waals surface area contributed by atoms with Crippen LogP contribution in [0.15, 0.2) is 40.9 Å². The molecule has 2 aromatic carbocycles. The Morgan fingerprint density at radius 2 is 2.00 bits per heavy atom. The van der Waals surface area contributed by atoms with Gasteiger partial charge in [-0.3, -0.25) is 14.9 Å². The highest BCUT2D eigenvalue weighted by Gasteiger charge is 2.19. The first kappa shape index (κ1) is 20.3. The third kappa shape index (κ3) is 5.48. The zero-order valence-electron chi connectivity index (χ0n) is 14.0. The highest BCUT2D eigenvalue weighted by Crippen LogP contribution is 2.29. The maximum Gasteiger partial charge on any atom is 0.339 e. The van der Waals surface area contributed by atoms with Crippen LogP contribution in [0.1, 0.15) is 17.3 Å². The molecule has 10 heteroatoms. The van der Waals surface area contributed by atoms with Crippen molar-refractivity contribution in [3.8, 4) is 5.75 Å². The fourth-order valence-corrected chi connectivity index (χ4v) is 2.59. The number of nitrogens with one attached hydrogen (secondary N) is 1.